The van der Waals surface area contributed by atoms with E-state index in [2.05, 4.69) is 360 Å². The Labute approximate surface area is 630 Å². The minimum Gasteiger partial charge on any atom is -0.435 e. The fourth-order valence-electron chi connectivity index (χ4n) is 14.2. The van der Waals surface area contributed by atoms with E-state index in [-0.39, 0.29) is 60.1 Å². The first-order valence-corrected chi connectivity index (χ1v) is 37.0. The molecule has 0 saturated carbocycles. The quantitative estimate of drug-likeness (QED) is 0.150. The van der Waals surface area contributed by atoms with Crippen LogP contribution >= 0.6 is 0 Å². The van der Waals surface area contributed by atoms with E-state index in [1.807, 2.05) is 0 Å². The van der Waals surface area contributed by atoms with Crippen LogP contribution in [0.3, 0.4) is 0 Å². The van der Waals surface area contributed by atoms with Crippen LogP contribution in [0.4, 0.5) is 0 Å². The third-order valence-electron chi connectivity index (χ3n) is 20.9. The molecule has 8 aromatic carbocycles. The first-order chi connectivity index (χ1) is 48.1. The smallest absolute Gasteiger partial charge is 0.435 e. The third kappa shape index (κ3) is 14.7. The number of hydrogen-bond donors (Lipinski definition) is 0. The molecule has 0 fully saturated rings. The van der Waals surface area contributed by atoms with Gasteiger partial charge in [0, 0.05) is 22.4 Å². The van der Waals surface area contributed by atoms with Gasteiger partial charge in [0.1, 0.15) is 0 Å². The maximum absolute atomic E-state index is 6.07. The van der Waals surface area contributed by atoms with Crippen LogP contribution in [-0.4, -0.2) is 19.9 Å². The largest absolute Gasteiger partial charge is 3.00 e. The van der Waals surface area contributed by atoms with Crippen LogP contribution in [0.1, 0.15) is 233 Å². The van der Waals surface area contributed by atoms with E-state index in [4.69, 9.17) is 34.9 Å². The second kappa shape index (κ2) is 26.7. The van der Waals surface area contributed by atoms with Crippen molar-refractivity contribution >= 4 is 44.8 Å². The molecule has 1 aliphatic rings. The maximum atomic E-state index is 6.07. The van der Waals surface area contributed by atoms with Crippen molar-refractivity contribution in [3.05, 3.63) is 261 Å². The second-order valence-electron chi connectivity index (χ2n) is 37.0. The Bertz CT molecular complexity index is 5330. The molecule has 7 nitrogen and oxygen atoms in total. The van der Waals surface area contributed by atoms with Gasteiger partial charge in [-0.25, -0.2) is 4.98 Å². The van der Waals surface area contributed by atoms with E-state index >= 15 is 0 Å². The molecule has 0 unspecified atom stereocenters. The normalized spacial score (nSPS) is 13.3. The molecule has 104 heavy (non-hydrogen) atoms. The standard InChI is InChI=1S/C96H104N7.Co/c1-89(2,3)65-41-25-57(26-42-65)73-75(59-29-45-67(46-30-59)91(7,8)9)83-97-81(73)82-74(58-27-43-66(44-28-58)90(4,5)6)76(60-31-47-68(48-32-60)92(10,11)12)84(98-82)100-86-78(62-35-51-70(52-36-62)94(16,17)18)80(64-39-55-72(56-40-64)96(22,23)24)88(102-86)103-87-79(63-37-53-71(54-38-63)95(19,20)21)77(85(99-83)101-87)61-33-49-69(50-34-61)93(13,14)15;/h25-56H,1-24H3;/q-3;+3. The molecule has 13 rings (SSSR count). The first kappa shape index (κ1) is 74.5. The van der Waals surface area contributed by atoms with Gasteiger partial charge in [0.05, 0.1) is 11.6 Å². The van der Waals surface area contributed by atoms with Crippen LogP contribution < -0.4 is 15.0 Å². The van der Waals surface area contributed by atoms with Crippen molar-refractivity contribution in [2.75, 3.05) is 0 Å². The van der Waals surface area contributed by atoms with Gasteiger partial charge < -0.3 is 29.9 Å². The van der Waals surface area contributed by atoms with Crippen LogP contribution in [0.2, 0.25) is 0 Å². The number of rotatable bonds is 8. The summed E-state index contributed by atoms with van der Waals surface area (Å²) in [6.07, 6.45) is 0. The predicted molar refractivity (Wildman–Crippen MR) is 437 cm³/mol. The molecule has 5 heterocycles. The zero-order valence-corrected chi connectivity index (χ0v) is 67.0. The summed E-state index contributed by atoms with van der Waals surface area (Å²) in [6.45, 7) is 54.4. The maximum Gasteiger partial charge on any atom is 3.00 e. The van der Waals surface area contributed by atoms with Crippen molar-refractivity contribution in [3.8, 4) is 66.8 Å². The minimum atomic E-state index is -0.118. The van der Waals surface area contributed by atoms with Crippen molar-refractivity contribution in [2.24, 2.45) is 0 Å². The molecular weight excluding hydrogens is 1310 g/mol. The van der Waals surface area contributed by atoms with Crippen LogP contribution in [0.25, 0.3) is 112 Å². The molecule has 0 aliphatic carbocycles. The van der Waals surface area contributed by atoms with E-state index < -0.39 is 0 Å². The topological polar surface area (TPSA) is 93.9 Å². The van der Waals surface area contributed by atoms with Gasteiger partial charge in [0.25, 0.3) is 0 Å². The van der Waals surface area contributed by atoms with Crippen molar-refractivity contribution < 1.29 is 16.8 Å². The average molecular weight is 1410 g/mol. The van der Waals surface area contributed by atoms with E-state index in [1.54, 1.807) is 0 Å². The Morgan fingerprint density at radius 2 is 0.346 bits per heavy atom. The summed E-state index contributed by atoms with van der Waals surface area (Å²) < 4.78 is 0. The van der Waals surface area contributed by atoms with E-state index in [9.17, 15) is 0 Å². The zero-order chi connectivity index (χ0) is 74.1. The molecule has 0 N–H and O–H groups in total. The monoisotopic (exact) mass is 1410 g/mol. The number of nitrogens with zero attached hydrogens (tertiary/aromatic N) is 7. The SMILES string of the molecule is CC(C)(C)c1ccc(C2=C(c3ccc(C(C)(C)C)cc3)c3nc2nc2[n-]c(nc4[n-]c(c(-c5ccc(C(C)(C)C)cc5)c4-c4ccc(C(C)(C)C)cc4)c4[n-]c(n3)c(-c3ccc(C(C)(C)C)cc3)c4-c3ccc(C(C)(C)C)cc3)c(-c3ccc(C(C)(C)C)cc3)c2-c2ccc(C(C)(C)C)cc2)cc1.[Co+3]. The zero-order valence-electron chi connectivity index (χ0n) is 65.9. The molecule has 8 bridgehead atoms. The van der Waals surface area contributed by atoms with Gasteiger partial charge in [-0.1, -0.05) is 360 Å². The molecule has 4 aromatic heterocycles. The molecule has 0 amide bonds. The molecule has 1 aliphatic heterocycles. The predicted octanol–water partition coefficient (Wildman–Crippen LogP) is 25.0. The molecular formula is C96H104CoN7. The van der Waals surface area contributed by atoms with E-state index in [1.165, 1.54) is 44.5 Å². The summed E-state index contributed by atoms with van der Waals surface area (Å²) in [5.41, 5.74) is 26.8. The molecule has 0 radical (unpaired) electrons. The van der Waals surface area contributed by atoms with Crippen molar-refractivity contribution in [2.45, 2.75) is 209 Å². The van der Waals surface area contributed by atoms with Crippen LogP contribution in [0.5, 0.6) is 0 Å². The van der Waals surface area contributed by atoms with Crippen molar-refractivity contribution in [1.29, 1.82) is 0 Å². The van der Waals surface area contributed by atoms with Crippen molar-refractivity contribution in [1.82, 2.24) is 34.9 Å². The molecule has 0 spiro atoms. The van der Waals surface area contributed by atoms with Crippen LogP contribution in [-0.2, 0) is 60.1 Å². The average Bonchev–Trinajstić information content (AvgIpc) is 1.57. The fraction of sp³-hybridized carbons (Fsp3) is 0.333. The van der Waals surface area contributed by atoms with Crippen LogP contribution in [0.15, 0.2) is 194 Å². The van der Waals surface area contributed by atoms with Gasteiger partial charge >= 0.3 is 16.8 Å². The molecule has 8 heteroatoms. The Hall–Kier alpha value is -9.21. The molecule has 0 atom stereocenters. The molecule has 532 valence electrons. The number of aromatic nitrogens is 7. The second-order valence-corrected chi connectivity index (χ2v) is 37.0. The Balaban J connectivity index is 0.0000102. The Morgan fingerprint density at radius 3 is 0.558 bits per heavy atom. The van der Waals surface area contributed by atoms with Crippen LogP contribution in [0, 0.1) is 0 Å². The first-order valence-electron chi connectivity index (χ1n) is 37.0. The van der Waals surface area contributed by atoms with Gasteiger partial charge in [0.2, 0.25) is 0 Å². The fourth-order valence-corrected chi connectivity index (χ4v) is 14.2. The number of fused-ring (bicyclic) bond motifs is 9. The number of hydrogen-bond acceptors (Lipinski definition) is 4. The summed E-state index contributed by atoms with van der Waals surface area (Å²) in [6, 6.07) is 72.3. The van der Waals surface area contributed by atoms with E-state index in [0.29, 0.717) is 45.3 Å². The van der Waals surface area contributed by atoms with E-state index in [0.717, 1.165) is 89.0 Å². The summed E-state index contributed by atoms with van der Waals surface area (Å²) in [5, 5.41) is 0. The molecule has 12 aromatic rings. The Kier molecular flexibility index (Phi) is 19.2. The van der Waals surface area contributed by atoms with Gasteiger partial charge in [-0.15, -0.1) is 0 Å². The van der Waals surface area contributed by atoms with Gasteiger partial charge in [-0.3, -0.25) is 0 Å². The molecule has 0 saturated heterocycles. The third-order valence-corrected chi connectivity index (χ3v) is 20.9. The van der Waals surface area contributed by atoms with Crippen molar-refractivity contribution in [3.63, 3.8) is 0 Å². The summed E-state index contributed by atoms with van der Waals surface area (Å²) >= 11 is 0. The number of benzene rings is 8. The summed E-state index contributed by atoms with van der Waals surface area (Å²) in [4.78, 5) is 41.9. The van der Waals surface area contributed by atoms with Gasteiger partial charge in [-0.05, 0) is 188 Å². The minimum absolute atomic E-state index is 0. The summed E-state index contributed by atoms with van der Waals surface area (Å²) in [5.74, 6) is 0.963. The van der Waals surface area contributed by atoms with Gasteiger partial charge in [-0.2, -0.15) is 0 Å². The summed E-state index contributed by atoms with van der Waals surface area (Å²) in [7, 11) is 0. The Morgan fingerprint density at radius 1 is 0.183 bits per heavy atom. The van der Waals surface area contributed by atoms with Gasteiger partial charge in [0.15, 0.2) is 0 Å².